The summed E-state index contributed by atoms with van der Waals surface area (Å²) in [6, 6.07) is 0. The fourth-order valence-corrected chi connectivity index (χ4v) is 1.52. The Kier molecular flexibility index (Phi) is 7.27. The third-order valence-electron chi connectivity index (χ3n) is 3.28. The van der Waals surface area contributed by atoms with Crippen molar-refractivity contribution in [1.29, 1.82) is 0 Å². The lowest BCUT2D eigenvalue weighted by molar-refractivity contribution is -0.117. The molecule has 0 amide bonds. The zero-order valence-corrected chi connectivity index (χ0v) is 10.3. The summed E-state index contributed by atoms with van der Waals surface area (Å²) in [5.41, 5.74) is -0.192. The Morgan fingerprint density at radius 1 is 1.07 bits per heavy atom. The average molecular weight is 212 g/mol. The quantitative estimate of drug-likeness (QED) is 0.433. The Bertz CT molecular complexity index is 185. The van der Waals surface area contributed by atoms with Gasteiger partial charge in [-0.15, -0.1) is 0 Å². The van der Waals surface area contributed by atoms with Crippen LogP contribution in [0.2, 0.25) is 0 Å². The van der Waals surface area contributed by atoms with Crippen molar-refractivity contribution in [3.05, 3.63) is 0 Å². The highest BCUT2D eigenvalue weighted by molar-refractivity contribution is 5.58. The second kappa shape index (κ2) is 7.61. The third-order valence-corrected chi connectivity index (χ3v) is 3.28. The number of rotatable bonds is 9. The first kappa shape index (κ1) is 14.3. The number of hydrogen-bond donors (Lipinski definition) is 0. The smallest absolute Gasteiger partial charge is 0.125 e. The van der Waals surface area contributed by atoms with E-state index in [0.717, 1.165) is 38.3 Å². The zero-order chi connectivity index (χ0) is 11.7. The third kappa shape index (κ3) is 6.43. The Morgan fingerprint density at radius 3 is 2.20 bits per heavy atom. The van der Waals surface area contributed by atoms with Gasteiger partial charge in [0, 0.05) is 11.8 Å². The van der Waals surface area contributed by atoms with E-state index < -0.39 is 0 Å². The van der Waals surface area contributed by atoms with Crippen molar-refractivity contribution in [3.63, 3.8) is 0 Å². The predicted molar refractivity (Wildman–Crippen MR) is 62.8 cm³/mol. The van der Waals surface area contributed by atoms with Gasteiger partial charge in [0.1, 0.15) is 12.6 Å². The molecule has 0 fully saturated rings. The molecular weight excluding hydrogens is 188 g/mol. The summed E-state index contributed by atoms with van der Waals surface area (Å²) < 4.78 is 0. The molecule has 2 nitrogen and oxygen atoms in total. The molecule has 1 unspecified atom stereocenters. The first-order valence-electron chi connectivity index (χ1n) is 5.94. The second-order valence-electron chi connectivity index (χ2n) is 5.00. The molecule has 0 heterocycles. The molecule has 0 N–H and O–H groups in total. The van der Waals surface area contributed by atoms with Crippen molar-refractivity contribution in [1.82, 2.24) is 0 Å². The lowest BCUT2D eigenvalue weighted by Crippen LogP contribution is -2.22. The van der Waals surface area contributed by atoms with Crippen LogP contribution < -0.4 is 0 Å². The minimum atomic E-state index is -0.192. The van der Waals surface area contributed by atoms with Crippen molar-refractivity contribution in [2.75, 3.05) is 0 Å². The largest absolute Gasteiger partial charge is 0.303 e. The lowest BCUT2D eigenvalue weighted by Gasteiger charge is -2.25. The van der Waals surface area contributed by atoms with Crippen LogP contribution in [-0.4, -0.2) is 12.6 Å². The van der Waals surface area contributed by atoms with Crippen molar-refractivity contribution in [2.45, 2.75) is 59.3 Å². The molecule has 15 heavy (non-hydrogen) atoms. The van der Waals surface area contributed by atoms with Crippen molar-refractivity contribution in [3.8, 4) is 0 Å². The van der Waals surface area contributed by atoms with E-state index in [2.05, 4.69) is 6.92 Å². The van der Waals surface area contributed by atoms with Gasteiger partial charge in [-0.05, 0) is 18.8 Å². The molecule has 0 saturated heterocycles. The van der Waals surface area contributed by atoms with Gasteiger partial charge in [0.15, 0.2) is 0 Å². The Morgan fingerprint density at radius 2 is 1.67 bits per heavy atom. The van der Waals surface area contributed by atoms with Gasteiger partial charge in [0.25, 0.3) is 0 Å². The molecule has 88 valence electrons. The van der Waals surface area contributed by atoms with Crippen LogP contribution in [0.5, 0.6) is 0 Å². The fraction of sp³-hybridized carbons (Fsp3) is 0.846. The summed E-state index contributed by atoms with van der Waals surface area (Å²) in [6.07, 6.45) is 8.32. The van der Waals surface area contributed by atoms with Gasteiger partial charge in [-0.3, -0.25) is 0 Å². The van der Waals surface area contributed by atoms with Gasteiger partial charge < -0.3 is 9.59 Å². The van der Waals surface area contributed by atoms with E-state index in [1.807, 2.05) is 13.8 Å². The second-order valence-corrected chi connectivity index (χ2v) is 5.00. The van der Waals surface area contributed by atoms with E-state index in [-0.39, 0.29) is 5.41 Å². The highest BCUT2D eigenvalue weighted by Gasteiger charge is 2.24. The van der Waals surface area contributed by atoms with Gasteiger partial charge >= 0.3 is 0 Å². The van der Waals surface area contributed by atoms with Gasteiger partial charge in [-0.1, -0.05) is 40.0 Å². The standard InChI is InChI=1S/C13H24O2/c1-12(13(2,3)11-15)9-7-5-4-6-8-10-14/h10-12H,4-9H2,1-3H3. The van der Waals surface area contributed by atoms with Crippen molar-refractivity contribution < 1.29 is 9.59 Å². The molecule has 1 atom stereocenters. The van der Waals surface area contributed by atoms with Gasteiger partial charge in [-0.25, -0.2) is 0 Å². The first-order valence-corrected chi connectivity index (χ1v) is 5.94. The SMILES string of the molecule is CC(CCCCCCC=O)C(C)(C)C=O. The van der Waals surface area contributed by atoms with Crippen molar-refractivity contribution in [2.24, 2.45) is 11.3 Å². The Labute approximate surface area is 93.4 Å². The average Bonchev–Trinajstić information content (AvgIpc) is 2.22. The highest BCUT2D eigenvalue weighted by Crippen LogP contribution is 2.28. The van der Waals surface area contributed by atoms with E-state index in [1.54, 1.807) is 0 Å². The molecule has 0 aliphatic heterocycles. The van der Waals surface area contributed by atoms with Gasteiger partial charge in [0.05, 0.1) is 0 Å². The Hall–Kier alpha value is -0.660. The molecule has 0 rings (SSSR count). The maximum atomic E-state index is 10.8. The number of carbonyl (C=O) groups is 2. The fourth-order valence-electron chi connectivity index (χ4n) is 1.52. The maximum absolute atomic E-state index is 10.8. The number of unbranched alkanes of at least 4 members (excludes halogenated alkanes) is 4. The minimum Gasteiger partial charge on any atom is -0.303 e. The lowest BCUT2D eigenvalue weighted by atomic mass is 9.78. The molecule has 0 aromatic heterocycles. The minimum absolute atomic E-state index is 0.192. The van der Waals surface area contributed by atoms with Gasteiger partial charge in [-0.2, -0.15) is 0 Å². The first-order chi connectivity index (χ1) is 7.04. The van der Waals surface area contributed by atoms with Crippen LogP contribution in [0, 0.1) is 11.3 Å². The van der Waals surface area contributed by atoms with Crippen LogP contribution in [0.1, 0.15) is 59.3 Å². The van der Waals surface area contributed by atoms with Crippen molar-refractivity contribution >= 4 is 12.6 Å². The van der Waals surface area contributed by atoms with Crippen LogP contribution in [0.4, 0.5) is 0 Å². The van der Waals surface area contributed by atoms with Crippen LogP contribution in [0.25, 0.3) is 0 Å². The Balaban J connectivity index is 3.50. The van der Waals surface area contributed by atoms with Crippen LogP contribution in [-0.2, 0) is 9.59 Å². The predicted octanol–water partition coefficient (Wildman–Crippen LogP) is 3.39. The molecule has 0 aromatic carbocycles. The monoisotopic (exact) mass is 212 g/mol. The molecular formula is C13H24O2. The van der Waals surface area contributed by atoms with E-state index in [4.69, 9.17) is 0 Å². The van der Waals surface area contributed by atoms with E-state index in [9.17, 15) is 9.59 Å². The summed E-state index contributed by atoms with van der Waals surface area (Å²) in [7, 11) is 0. The van der Waals surface area contributed by atoms with E-state index in [0.29, 0.717) is 12.3 Å². The summed E-state index contributed by atoms with van der Waals surface area (Å²) in [5.74, 6) is 0.445. The summed E-state index contributed by atoms with van der Waals surface area (Å²) >= 11 is 0. The molecule has 0 aliphatic rings. The molecule has 2 heteroatoms. The van der Waals surface area contributed by atoms with E-state index >= 15 is 0 Å². The number of carbonyl (C=O) groups excluding carboxylic acids is 2. The topological polar surface area (TPSA) is 34.1 Å². The number of aldehydes is 2. The number of hydrogen-bond acceptors (Lipinski definition) is 2. The summed E-state index contributed by atoms with van der Waals surface area (Å²) in [4.78, 5) is 20.9. The normalized spacial score (nSPS) is 13.5. The van der Waals surface area contributed by atoms with Crippen LogP contribution in [0.3, 0.4) is 0 Å². The van der Waals surface area contributed by atoms with E-state index in [1.165, 1.54) is 6.42 Å². The zero-order valence-electron chi connectivity index (χ0n) is 10.3. The maximum Gasteiger partial charge on any atom is 0.125 e. The molecule has 0 radical (unpaired) electrons. The van der Waals surface area contributed by atoms with Crippen LogP contribution in [0.15, 0.2) is 0 Å². The molecule has 0 aliphatic carbocycles. The van der Waals surface area contributed by atoms with Gasteiger partial charge in [0.2, 0.25) is 0 Å². The molecule has 0 bridgehead atoms. The summed E-state index contributed by atoms with van der Waals surface area (Å²) in [6.45, 7) is 6.13. The highest BCUT2D eigenvalue weighted by atomic mass is 16.1. The molecule has 0 aromatic rings. The summed E-state index contributed by atoms with van der Waals surface area (Å²) in [5, 5.41) is 0. The van der Waals surface area contributed by atoms with Crippen LogP contribution >= 0.6 is 0 Å². The molecule has 0 saturated carbocycles. The molecule has 0 spiro atoms.